The van der Waals surface area contributed by atoms with Crippen molar-refractivity contribution >= 4 is 34.2 Å². The predicted molar refractivity (Wildman–Crippen MR) is 137 cm³/mol. The van der Waals surface area contributed by atoms with E-state index in [1.54, 1.807) is 41.7 Å². The number of pyridine rings is 3. The minimum atomic E-state index is -1.35. The van der Waals surface area contributed by atoms with Crippen LogP contribution in [0.5, 0.6) is 0 Å². The van der Waals surface area contributed by atoms with Gasteiger partial charge >= 0.3 is 0 Å². The van der Waals surface area contributed by atoms with E-state index >= 15 is 0 Å². The number of anilines is 4. The number of hydrogen-bond acceptors (Lipinski definition) is 9. The SMILES string of the molecule is C[C@@H]1CCN1c1ncc(-c2cccnc2F)c2cc(Nc3ccnc(N4CC[C@@H](O)[C@@H](F)C4)n3)ncc12. The first-order chi connectivity index (χ1) is 18.0. The maximum Gasteiger partial charge on any atom is 0.227 e. The predicted octanol–water partition coefficient (Wildman–Crippen LogP) is 3.87. The van der Waals surface area contributed by atoms with Gasteiger partial charge in [-0.3, -0.25) is 0 Å². The van der Waals surface area contributed by atoms with Gasteiger partial charge in [-0.05, 0) is 44.0 Å². The molecule has 9 nitrogen and oxygen atoms in total. The maximum atomic E-state index is 14.7. The standard InChI is InChI=1S/C26H26F2N8O/c1-15-5-10-36(15)25-19-13-31-23(11-17(19)18(12-32-25)16-3-2-7-29-24(16)28)33-22-4-8-30-26(34-22)35-9-6-21(37)20(27)14-35/h2-4,7-8,11-13,15,20-21,37H,5-6,9-10,14H2,1H3,(H,30,31,33,34)/t15-,20+,21-/m1/s1. The van der Waals surface area contributed by atoms with Crippen LogP contribution in [0.15, 0.2) is 49.1 Å². The Hall–Kier alpha value is -3.99. The van der Waals surface area contributed by atoms with Crippen molar-refractivity contribution < 1.29 is 13.9 Å². The number of alkyl halides is 1. The fraction of sp³-hybridized carbons (Fsp3) is 0.346. The minimum absolute atomic E-state index is 0.0313. The van der Waals surface area contributed by atoms with Gasteiger partial charge in [0.05, 0.1) is 12.6 Å². The normalized spacial score (nSPS) is 21.7. The summed E-state index contributed by atoms with van der Waals surface area (Å²) in [5.74, 6) is 1.61. The van der Waals surface area contributed by atoms with Crippen molar-refractivity contribution in [2.75, 3.05) is 34.8 Å². The van der Waals surface area contributed by atoms with E-state index in [2.05, 4.69) is 42.1 Å². The van der Waals surface area contributed by atoms with Crippen LogP contribution in [0.4, 0.5) is 32.2 Å². The number of fused-ring (bicyclic) bond motifs is 1. The van der Waals surface area contributed by atoms with Crippen molar-refractivity contribution in [3.05, 3.63) is 55.0 Å². The van der Waals surface area contributed by atoms with Gasteiger partial charge in [0.1, 0.15) is 23.6 Å². The van der Waals surface area contributed by atoms with Gasteiger partial charge in [-0.25, -0.2) is 24.3 Å². The highest BCUT2D eigenvalue weighted by Gasteiger charge is 2.29. The summed E-state index contributed by atoms with van der Waals surface area (Å²) in [4.78, 5) is 25.8. The summed E-state index contributed by atoms with van der Waals surface area (Å²) in [6.07, 6.45) is 5.53. The van der Waals surface area contributed by atoms with Gasteiger partial charge in [-0.15, -0.1) is 0 Å². The molecule has 0 saturated carbocycles. The molecule has 3 atom stereocenters. The second-order valence-electron chi connectivity index (χ2n) is 9.47. The van der Waals surface area contributed by atoms with E-state index in [-0.39, 0.29) is 6.54 Å². The van der Waals surface area contributed by atoms with Gasteiger partial charge in [0.2, 0.25) is 11.9 Å². The average molecular weight is 505 g/mol. The molecule has 4 aromatic rings. The lowest BCUT2D eigenvalue weighted by atomic mass is 10.00. The van der Waals surface area contributed by atoms with E-state index in [4.69, 9.17) is 0 Å². The van der Waals surface area contributed by atoms with Crippen molar-refractivity contribution in [2.45, 2.75) is 38.1 Å². The molecule has 6 rings (SSSR count). The van der Waals surface area contributed by atoms with E-state index in [0.29, 0.717) is 47.7 Å². The van der Waals surface area contributed by atoms with Gasteiger partial charge in [-0.1, -0.05) is 0 Å². The molecule has 0 bridgehead atoms. The lowest BCUT2D eigenvalue weighted by Gasteiger charge is -2.40. The molecule has 2 fully saturated rings. The third kappa shape index (κ3) is 4.39. The van der Waals surface area contributed by atoms with Crippen molar-refractivity contribution in [3.8, 4) is 11.1 Å². The molecular weight excluding hydrogens is 478 g/mol. The summed E-state index contributed by atoms with van der Waals surface area (Å²) in [5.41, 5.74) is 0.977. The molecule has 0 aliphatic carbocycles. The molecule has 6 heterocycles. The van der Waals surface area contributed by atoms with Gasteiger partial charge in [-0.2, -0.15) is 9.37 Å². The van der Waals surface area contributed by atoms with E-state index < -0.39 is 18.2 Å². The highest BCUT2D eigenvalue weighted by Crippen LogP contribution is 2.37. The molecule has 2 N–H and O–H groups in total. The zero-order valence-corrected chi connectivity index (χ0v) is 20.2. The average Bonchev–Trinajstić information content (AvgIpc) is 2.90. The molecule has 37 heavy (non-hydrogen) atoms. The van der Waals surface area contributed by atoms with Gasteiger partial charge in [0.25, 0.3) is 0 Å². The number of piperidine rings is 1. The Morgan fingerprint density at radius 3 is 2.62 bits per heavy atom. The molecule has 0 radical (unpaired) electrons. The van der Waals surface area contributed by atoms with Crippen LogP contribution in [-0.2, 0) is 0 Å². The Bertz CT molecular complexity index is 1450. The van der Waals surface area contributed by atoms with Crippen LogP contribution in [0.2, 0.25) is 0 Å². The topological polar surface area (TPSA) is 103 Å². The van der Waals surface area contributed by atoms with Gasteiger partial charge in [0.15, 0.2) is 0 Å². The highest BCUT2D eigenvalue weighted by atomic mass is 19.1. The number of aliphatic hydroxyl groups is 1. The lowest BCUT2D eigenvalue weighted by molar-refractivity contribution is 0.0612. The van der Waals surface area contributed by atoms with Crippen LogP contribution in [0.3, 0.4) is 0 Å². The fourth-order valence-corrected chi connectivity index (χ4v) is 4.83. The fourth-order valence-electron chi connectivity index (χ4n) is 4.83. The zero-order chi connectivity index (χ0) is 25.5. The molecule has 190 valence electrons. The Morgan fingerprint density at radius 1 is 0.973 bits per heavy atom. The van der Waals surface area contributed by atoms with Crippen molar-refractivity contribution in [1.29, 1.82) is 0 Å². The molecule has 4 aromatic heterocycles. The molecule has 0 unspecified atom stereocenters. The number of halogens is 2. The number of aromatic nitrogens is 5. The number of nitrogens with zero attached hydrogens (tertiary/aromatic N) is 7. The van der Waals surface area contributed by atoms with Crippen molar-refractivity contribution in [1.82, 2.24) is 24.9 Å². The quantitative estimate of drug-likeness (QED) is 0.392. The van der Waals surface area contributed by atoms with Gasteiger partial charge in [0, 0.05) is 65.8 Å². The number of rotatable bonds is 5. The van der Waals surface area contributed by atoms with Crippen LogP contribution in [0.1, 0.15) is 19.8 Å². The maximum absolute atomic E-state index is 14.7. The monoisotopic (exact) mass is 504 g/mol. The Kier molecular flexibility index (Phi) is 5.99. The molecule has 0 aromatic carbocycles. The van der Waals surface area contributed by atoms with Crippen LogP contribution >= 0.6 is 0 Å². The summed E-state index contributed by atoms with van der Waals surface area (Å²) in [5, 5.41) is 14.5. The molecule has 0 amide bonds. The van der Waals surface area contributed by atoms with Crippen LogP contribution in [-0.4, -0.2) is 68.0 Å². The summed E-state index contributed by atoms with van der Waals surface area (Å²) >= 11 is 0. The summed E-state index contributed by atoms with van der Waals surface area (Å²) in [6.45, 7) is 3.55. The zero-order valence-electron chi connectivity index (χ0n) is 20.2. The molecule has 2 saturated heterocycles. The highest BCUT2D eigenvalue weighted by molar-refractivity contribution is 6.03. The second kappa shape index (κ2) is 9.47. The lowest BCUT2D eigenvalue weighted by Crippen LogP contribution is -2.46. The Balaban J connectivity index is 1.37. The Morgan fingerprint density at radius 2 is 1.86 bits per heavy atom. The van der Waals surface area contributed by atoms with E-state index in [9.17, 15) is 13.9 Å². The summed E-state index contributed by atoms with van der Waals surface area (Å²) in [6, 6.07) is 7.29. The second-order valence-corrected chi connectivity index (χ2v) is 9.47. The third-order valence-corrected chi connectivity index (χ3v) is 7.08. The number of aliphatic hydroxyl groups excluding tert-OH is 1. The van der Waals surface area contributed by atoms with Crippen molar-refractivity contribution in [2.24, 2.45) is 0 Å². The minimum Gasteiger partial charge on any atom is -0.390 e. The molecule has 0 spiro atoms. The van der Waals surface area contributed by atoms with Gasteiger partial charge < -0.3 is 20.2 Å². The van der Waals surface area contributed by atoms with E-state index in [1.165, 1.54) is 6.20 Å². The molecule has 11 heteroatoms. The first kappa shape index (κ1) is 23.4. The third-order valence-electron chi connectivity index (χ3n) is 7.08. The largest absolute Gasteiger partial charge is 0.390 e. The van der Waals surface area contributed by atoms with Crippen molar-refractivity contribution in [3.63, 3.8) is 0 Å². The molecule has 2 aliphatic heterocycles. The van der Waals surface area contributed by atoms with Crippen LogP contribution in [0, 0.1) is 5.95 Å². The first-order valence-corrected chi connectivity index (χ1v) is 12.3. The van der Waals surface area contributed by atoms with E-state index in [1.807, 2.05) is 6.07 Å². The summed E-state index contributed by atoms with van der Waals surface area (Å²) in [7, 11) is 0. The Labute approximate surface area is 212 Å². The van der Waals surface area contributed by atoms with Crippen LogP contribution in [0.25, 0.3) is 21.9 Å². The molecule has 2 aliphatic rings. The first-order valence-electron chi connectivity index (χ1n) is 12.3. The van der Waals surface area contributed by atoms with Crippen LogP contribution < -0.4 is 15.1 Å². The summed E-state index contributed by atoms with van der Waals surface area (Å²) < 4.78 is 28.7. The van der Waals surface area contributed by atoms with E-state index in [0.717, 1.165) is 29.6 Å². The smallest absolute Gasteiger partial charge is 0.227 e. The number of nitrogens with one attached hydrogen (secondary N) is 1. The number of hydrogen-bond donors (Lipinski definition) is 2. The molecular formula is C26H26F2N8O.